The van der Waals surface area contributed by atoms with Crippen LogP contribution in [0.2, 0.25) is 0 Å². The number of aryl methyl sites for hydroxylation is 2. The fraction of sp³-hybridized carbons (Fsp3) is 0.333. The normalized spacial score (nSPS) is 10.5. The van der Waals surface area contributed by atoms with Crippen molar-refractivity contribution >= 4 is 44.3 Å². The van der Waals surface area contributed by atoms with E-state index >= 15 is 0 Å². The number of nitrogens with zero attached hydrogens (tertiary/aromatic N) is 2. The van der Waals surface area contributed by atoms with Crippen molar-refractivity contribution in [3.05, 3.63) is 43.2 Å². The number of carbonyl (C=O) groups is 2. The molecule has 0 atom stereocenters. The van der Waals surface area contributed by atoms with Gasteiger partial charge in [0, 0.05) is 16.2 Å². The van der Waals surface area contributed by atoms with Gasteiger partial charge in [0.1, 0.15) is 11.4 Å². The first-order chi connectivity index (χ1) is 11.3. The Bertz CT molecular complexity index is 844. The van der Waals surface area contributed by atoms with Crippen molar-refractivity contribution in [1.82, 2.24) is 9.55 Å². The number of esters is 1. The van der Waals surface area contributed by atoms with Crippen LogP contribution in [-0.4, -0.2) is 28.0 Å². The fourth-order valence-corrected chi connectivity index (χ4v) is 3.47. The molecule has 128 valence electrons. The minimum absolute atomic E-state index is 0.146. The molecule has 0 aliphatic heterocycles. The van der Waals surface area contributed by atoms with Crippen LogP contribution >= 0.6 is 27.3 Å². The Morgan fingerprint density at radius 3 is 2.79 bits per heavy atom. The number of pyridine rings is 1. The summed E-state index contributed by atoms with van der Waals surface area (Å²) >= 11 is 4.34. The lowest BCUT2D eigenvalue weighted by Crippen LogP contribution is -2.28. The van der Waals surface area contributed by atoms with E-state index < -0.39 is 11.9 Å². The van der Waals surface area contributed by atoms with Gasteiger partial charge in [-0.1, -0.05) is 11.3 Å². The lowest BCUT2D eigenvalue weighted by Gasteiger charge is -2.07. The van der Waals surface area contributed by atoms with E-state index in [0.29, 0.717) is 25.7 Å². The molecule has 0 unspecified atom stereocenters. The average molecular weight is 414 g/mol. The van der Waals surface area contributed by atoms with Crippen LogP contribution in [-0.2, 0) is 16.1 Å². The second-order valence-electron chi connectivity index (χ2n) is 4.98. The molecule has 0 saturated carbocycles. The summed E-state index contributed by atoms with van der Waals surface area (Å²) in [4.78, 5) is 40.4. The van der Waals surface area contributed by atoms with Crippen LogP contribution in [0.15, 0.2) is 21.5 Å². The van der Waals surface area contributed by atoms with Crippen molar-refractivity contribution in [3.63, 3.8) is 0 Å². The van der Waals surface area contributed by atoms with Crippen LogP contribution in [0, 0.1) is 13.8 Å². The molecule has 1 N–H and O–H groups in total. The number of nitrogens with one attached hydrogen (secondary N) is 1. The maximum Gasteiger partial charge on any atom is 0.350 e. The zero-order chi connectivity index (χ0) is 17.9. The topological polar surface area (TPSA) is 90.3 Å². The number of anilines is 1. The number of rotatable bonds is 5. The molecule has 0 aliphatic carbocycles. The van der Waals surface area contributed by atoms with E-state index in [2.05, 4.69) is 26.2 Å². The third-order valence-corrected chi connectivity index (χ3v) is 4.54. The molecule has 0 spiro atoms. The predicted octanol–water partition coefficient (Wildman–Crippen LogP) is 2.50. The number of hydrogen-bond acceptors (Lipinski definition) is 6. The smallest absolute Gasteiger partial charge is 0.350 e. The minimum atomic E-state index is -0.466. The summed E-state index contributed by atoms with van der Waals surface area (Å²) in [7, 11) is 0. The van der Waals surface area contributed by atoms with Gasteiger partial charge in [-0.05, 0) is 42.8 Å². The molecular weight excluding hydrogens is 398 g/mol. The monoisotopic (exact) mass is 413 g/mol. The van der Waals surface area contributed by atoms with Gasteiger partial charge in [-0.2, -0.15) is 0 Å². The first-order valence-electron chi connectivity index (χ1n) is 7.12. The Morgan fingerprint density at radius 1 is 1.42 bits per heavy atom. The number of carbonyl (C=O) groups excluding carboxylic acids is 2. The highest BCUT2D eigenvalue weighted by atomic mass is 79.9. The van der Waals surface area contributed by atoms with Gasteiger partial charge in [-0.25, -0.2) is 9.78 Å². The van der Waals surface area contributed by atoms with E-state index in [1.807, 2.05) is 0 Å². The van der Waals surface area contributed by atoms with Crippen molar-refractivity contribution in [2.24, 2.45) is 0 Å². The van der Waals surface area contributed by atoms with Gasteiger partial charge in [0.2, 0.25) is 5.91 Å². The molecule has 0 bridgehead atoms. The van der Waals surface area contributed by atoms with E-state index in [1.54, 1.807) is 33.0 Å². The van der Waals surface area contributed by atoms with Gasteiger partial charge in [0.05, 0.1) is 12.3 Å². The summed E-state index contributed by atoms with van der Waals surface area (Å²) < 4.78 is 6.95. The number of ether oxygens (including phenoxy) is 1. The molecule has 0 aliphatic rings. The van der Waals surface area contributed by atoms with Crippen molar-refractivity contribution in [2.45, 2.75) is 27.3 Å². The zero-order valence-corrected chi connectivity index (χ0v) is 15.8. The lowest BCUT2D eigenvalue weighted by molar-refractivity contribution is -0.116. The molecule has 24 heavy (non-hydrogen) atoms. The summed E-state index contributed by atoms with van der Waals surface area (Å²) in [5, 5.41) is 2.89. The third-order valence-electron chi connectivity index (χ3n) is 3.05. The van der Waals surface area contributed by atoms with Gasteiger partial charge in [-0.15, -0.1) is 0 Å². The predicted molar refractivity (Wildman–Crippen MR) is 94.6 cm³/mol. The van der Waals surface area contributed by atoms with Crippen LogP contribution in [0.4, 0.5) is 5.13 Å². The number of halogens is 1. The van der Waals surface area contributed by atoms with Crippen LogP contribution in [0.1, 0.15) is 27.9 Å². The van der Waals surface area contributed by atoms with Crippen LogP contribution in [0.25, 0.3) is 0 Å². The molecule has 1 amide bonds. The van der Waals surface area contributed by atoms with Crippen LogP contribution in [0.3, 0.4) is 0 Å². The maximum absolute atomic E-state index is 12.1. The maximum atomic E-state index is 12.1. The highest BCUT2D eigenvalue weighted by molar-refractivity contribution is 9.10. The molecular formula is C15H16BrN3O4S. The summed E-state index contributed by atoms with van der Waals surface area (Å²) in [5.74, 6) is -0.870. The summed E-state index contributed by atoms with van der Waals surface area (Å²) in [6.45, 7) is 5.18. The quantitative estimate of drug-likeness (QED) is 0.760. The van der Waals surface area contributed by atoms with Crippen molar-refractivity contribution in [3.8, 4) is 0 Å². The number of aromatic nitrogens is 2. The van der Waals surface area contributed by atoms with Gasteiger partial charge in [0.25, 0.3) is 5.56 Å². The van der Waals surface area contributed by atoms with Crippen molar-refractivity contribution in [1.29, 1.82) is 0 Å². The van der Waals surface area contributed by atoms with Gasteiger partial charge in [-0.3, -0.25) is 9.59 Å². The Morgan fingerprint density at radius 2 is 2.12 bits per heavy atom. The van der Waals surface area contributed by atoms with Crippen LogP contribution < -0.4 is 10.9 Å². The molecule has 0 radical (unpaired) electrons. The first kappa shape index (κ1) is 18.3. The van der Waals surface area contributed by atoms with Crippen molar-refractivity contribution < 1.29 is 14.3 Å². The fourth-order valence-electron chi connectivity index (χ4n) is 2.01. The lowest BCUT2D eigenvalue weighted by atomic mass is 10.3. The van der Waals surface area contributed by atoms with E-state index in [-0.39, 0.29) is 18.7 Å². The van der Waals surface area contributed by atoms with E-state index in [9.17, 15) is 14.4 Å². The second-order valence-corrected chi connectivity index (χ2v) is 6.89. The average Bonchev–Trinajstić information content (AvgIpc) is 2.85. The van der Waals surface area contributed by atoms with Gasteiger partial charge in [0.15, 0.2) is 5.13 Å². The number of thiazole rings is 1. The first-order valence-corrected chi connectivity index (χ1v) is 8.73. The SMILES string of the molecule is CCOC(=O)c1sc(NC(=O)Cn2cc(Br)cc(C)c2=O)nc1C. The Hall–Kier alpha value is -2.00. The minimum Gasteiger partial charge on any atom is -0.462 e. The number of hydrogen-bond donors (Lipinski definition) is 1. The molecule has 7 nitrogen and oxygen atoms in total. The molecule has 0 fully saturated rings. The molecule has 9 heteroatoms. The largest absolute Gasteiger partial charge is 0.462 e. The third kappa shape index (κ3) is 4.30. The van der Waals surface area contributed by atoms with E-state index in [4.69, 9.17) is 4.74 Å². The Kier molecular flexibility index (Phi) is 5.89. The molecule has 2 heterocycles. The van der Waals surface area contributed by atoms with Crippen LogP contribution in [0.5, 0.6) is 0 Å². The standard InChI is InChI=1S/C15H16BrN3O4S/c1-4-23-14(22)12-9(3)17-15(24-12)18-11(20)7-19-6-10(16)5-8(2)13(19)21/h5-6H,4,7H2,1-3H3,(H,17,18,20). The summed E-state index contributed by atoms with van der Waals surface area (Å²) in [5.41, 5.74) is 0.784. The highest BCUT2D eigenvalue weighted by Crippen LogP contribution is 2.23. The molecule has 2 rings (SSSR count). The second kappa shape index (κ2) is 7.71. The molecule has 2 aromatic rings. The van der Waals surface area contributed by atoms with E-state index in [0.717, 1.165) is 11.3 Å². The molecule has 0 aromatic carbocycles. The zero-order valence-electron chi connectivity index (χ0n) is 13.4. The van der Waals surface area contributed by atoms with E-state index in [1.165, 1.54) is 4.57 Å². The summed E-state index contributed by atoms with van der Waals surface area (Å²) in [6.07, 6.45) is 1.55. The Balaban J connectivity index is 2.12. The van der Waals surface area contributed by atoms with Gasteiger partial charge >= 0.3 is 5.97 Å². The van der Waals surface area contributed by atoms with Crippen molar-refractivity contribution in [2.75, 3.05) is 11.9 Å². The molecule has 2 aromatic heterocycles. The summed E-state index contributed by atoms with van der Waals surface area (Å²) in [6, 6.07) is 1.69. The highest BCUT2D eigenvalue weighted by Gasteiger charge is 2.17. The molecule has 0 saturated heterocycles. The number of amides is 1. The van der Waals surface area contributed by atoms with Gasteiger partial charge < -0.3 is 14.6 Å². The Labute approximate surface area is 150 Å².